The summed E-state index contributed by atoms with van der Waals surface area (Å²) in [5, 5.41) is 0.589. The Kier molecular flexibility index (Phi) is 8.56. The fourth-order valence-electron chi connectivity index (χ4n) is 5.53. The van der Waals surface area contributed by atoms with Gasteiger partial charge in [0.15, 0.2) is 11.6 Å². The Hall–Kier alpha value is -0.703. The van der Waals surface area contributed by atoms with Crippen LogP contribution in [0.25, 0.3) is 0 Å². The molecule has 2 saturated carbocycles. The van der Waals surface area contributed by atoms with Crippen LogP contribution in [0.3, 0.4) is 0 Å². The number of aryl methyl sites for hydroxylation is 1. The molecule has 3 rings (SSSR count). The van der Waals surface area contributed by atoms with E-state index in [0.717, 1.165) is 23.8 Å². The molecule has 0 unspecified atom stereocenters. The third-order valence-corrected chi connectivity index (χ3v) is 9.07. The van der Waals surface area contributed by atoms with Gasteiger partial charge in [0, 0.05) is 0 Å². The van der Waals surface area contributed by atoms with Gasteiger partial charge in [-0.2, -0.15) is 0 Å². The molecule has 0 saturated heterocycles. The summed E-state index contributed by atoms with van der Waals surface area (Å²) in [5.74, 6) is 2.36. The van der Waals surface area contributed by atoms with Gasteiger partial charge < -0.3 is 0 Å². The third-order valence-electron chi connectivity index (χ3n) is 7.52. The Morgan fingerprint density at radius 1 is 0.821 bits per heavy atom. The van der Waals surface area contributed by atoms with Gasteiger partial charge in [-0.25, -0.2) is 8.78 Å². The summed E-state index contributed by atoms with van der Waals surface area (Å²) in [5.41, 5.74) is 0.409. The summed E-state index contributed by atoms with van der Waals surface area (Å²) < 4.78 is 27.8. The summed E-state index contributed by atoms with van der Waals surface area (Å²) in [4.78, 5) is 0. The molecule has 2 aliphatic rings. The minimum atomic E-state index is -0.654. The number of benzene rings is 1. The normalized spacial score (nSPS) is 28.4. The molecule has 28 heavy (non-hydrogen) atoms. The summed E-state index contributed by atoms with van der Waals surface area (Å²) in [7, 11) is 0.406. The zero-order valence-electron chi connectivity index (χ0n) is 17.9. The molecule has 2 radical (unpaired) electrons. The van der Waals surface area contributed by atoms with E-state index in [1.807, 2.05) is 0 Å². The van der Waals surface area contributed by atoms with Crippen LogP contribution in [0, 0.1) is 42.2 Å². The van der Waals surface area contributed by atoms with Gasteiger partial charge in [-0.05, 0) is 67.0 Å². The van der Waals surface area contributed by atoms with Crippen molar-refractivity contribution in [1.82, 2.24) is 0 Å². The molecule has 0 amide bonds. The zero-order valence-corrected chi connectivity index (χ0v) is 18.9. The maximum absolute atomic E-state index is 14.1. The lowest BCUT2D eigenvalue weighted by Gasteiger charge is -2.38. The van der Waals surface area contributed by atoms with E-state index in [1.54, 1.807) is 19.1 Å². The third kappa shape index (κ3) is 5.90. The molecule has 0 atom stereocenters. The maximum Gasteiger partial charge on any atom is 0.161 e. The van der Waals surface area contributed by atoms with Crippen molar-refractivity contribution < 1.29 is 8.78 Å². The summed E-state index contributed by atoms with van der Waals surface area (Å²) >= 11 is 0. The molecule has 0 spiro atoms. The van der Waals surface area contributed by atoms with Crippen LogP contribution in [0.15, 0.2) is 12.1 Å². The fraction of sp³-hybridized carbons (Fsp3) is 0.760. The molecule has 0 aliphatic heterocycles. The predicted molar refractivity (Wildman–Crippen MR) is 116 cm³/mol. The Bertz CT molecular complexity index is 599. The number of hydrogen-bond donors (Lipinski definition) is 0. The van der Waals surface area contributed by atoms with E-state index in [0.29, 0.717) is 26.2 Å². The standard InChI is InChI=1S/C25H38F2Si/c1-3-4-5-6-19-8-12-21(13-9-19)22-14-10-20(11-15-22)17-28-23-16-7-18(2)24(26)25(23)27/h7,16,19-22H,3-6,8-15,17H2,1-2H3. The molecule has 1 aromatic rings. The molecule has 2 fully saturated rings. The average molecular weight is 405 g/mol. The minimum absolute atomic E-state index is 0.406. The van der Waals surface area contributed by atoms with E-state index in [2.05, 4.69) is 6.92 Å². The first kappa shape index (κ1) is 22.0. The van der Waals surface area contributed by atoms with Crippen LogP contribution < -0.4 is 5.19 Å². The summed E-state index contributed by atoms with van der Waals surface area (Å²) in [6.07, 6.45) is 16.8. The minimum Gasteiger partial charge on any atom is -0.204 e. The second-order valence-electron chi connectivity index (χ2n) is 9.50. The van der Waals surface area contributed by atoms with Crippen molar-refractivity contribution in [2.75, 3.05) is 0 Å². The first-order valence-electron chi connectivity index (χ1n) is 11.8. The monoisotopic (exact) mass is 404 g/mol. The fourth-order valence-corrected chi connectivity index (χ4v) is 6.91. The molecular weight excluding hydrogens is 366 g/mol. The van der Waals surface area contributed by atoms with Crippen LogP contribution in [0.4, 0.5) is 8.78 Å². The van der Waals surface area contributed by atoms with Gasteiger partial charge in [-0.15, -0.1) is 0 Å². The van der Waals surface area contributed by atoms with E-state index in [1.165, 1.54) is 77.0 Å². The van der Waals surface area contributed by atoms with Crippen molar-refractivity contribution in [2.24, 2.45) is 23.7 Å². The molecule has 0 bridgehead atoms. The van der Waals surface area contributed by atoms with Gasteiger partial charge in [0.2, 0.25) is 0 Å². The largest absolute Gasteiger partial charge is 0.204 e. The maximum atomic E-state index is 14.1. The number of unbranched alkanes of at least 4 members (excludes halogenated alkanes) is 2. The van der Waals surface area contributed by atoms with E-state index in [9.17, 15) is 8.78 Å². The highest BCUT2D eigenvalue weighted by Crippen LogP contribution is 2.42. The Labute approximate surface area is 173 Å². The molecule has 3 heteroatoms. The number of hydrogen-bond acceptors (Lipinski definition) is 0. The van der Waals surface area contributed by atoms with E-state index >= 15 is 0 Å². The van der Waals surface area contributed by atoms with Gasteiger partial charge in [-0.3, -0.25) is 0 Å². The van der Waals surface area contributed by atoms with Crippen molar-refractivity contribution in [3.05, 3.63) is 29.3 Å². The predicted octanol–water partition coefficient (Wildman–Crippen LogP) is 7.21. The van der Waals surface area contributed by atoms with Gasteiger partial charge in [0.25, 0.3) is 0 Å². The molecule has 2 aliphatic carbocycles. The second kappa shape index (κ2) is 10.9. The van der Waals surface area contributed by atoms with Crippen LogP contribution >= 0.6 is 0 Å². The molecule has 0 aromatic heterocycles. The van der Waals surface area contributed by atoms with Crippen LogP contribution in [0.1, 0.15) is 89.5 Å². The van der Waals surface area contributed by atoms with Crippen molar-refractivity contribution in [3.8, 4) is 0 Å². The molecule has 156 valence electrons. The molecule has 1 aromatic carbocycles. The topological polar surface area (TPSA) is 0 Å². The Morgan fingerprint density at radius 2 is 1.43 bits per heavy atom. The second-order valence-corrected chi connectivity index (χ2v) is 10.8. The SMILES string of the molecule is CCCCCC1CCC(C2CCC(C[Si]c3ccc(C)c(F)c3F)CC2)CC1. The lowest BCUT2D eigenvalue weighted by atomic mass is 9.69. The van der Waals surface area contributed by atoms with Crippen LogP contribution in [0.2, 0.25) is 6.04 Å². The lowest BCUT2D eigenvalue weighted by Crippen LogP contribution is -2.28. The van der Waals surface area contributed by atoms with Gasteiger partial charge >= 0.3 is 0 Å². The lowest BCUT2D eigenvalue weighted by molar-refractivity contribution is 0.146. The summed E-state index contributed by atoms with van der Waals surface area (Å²) in [6, 6.07) is 4.54. The smallest absolute Gasteiger partial charge is 0.161 e. The molecular formula is C25H38F2Si. The Balaban J connectivity index is 1.37. The van der Waals surface area contributed by atoms with Crippen molar-refractivity contribution >= 4 is 14.7 Å². The number of halogens is 2. The highest BCUT2D eigenvalue weighted by molar-refractivity contribution is 6.53. The average Bonchev–Trinajstić information content (AvgIpc) is 2.73. The van der Waals surface area contributed by atoms with E-state index in [4.69, 9.17) is 0 Å². The van der Waals surface area contributed by atoms with Crippen molar-refractivity contribution in [2.45, 2.75) is 96.9 Å². The quantitative estimate of drug-likeness (QED) is 0.317. The molecule has 0 nitrogen and oxygen atoms in total. The molecule has 0 N–H and O–H groups in total. The van der Waals surface area contributed by atoms with Crippen molar-refractivity contribution in [3.63, 3.8) is 0 Å². The van der Waals surface area contributed by atoms with E-state index in [-0.39, 0.29) is 0 Å². The van der Waals surface area contributed by atoms with Gasteiger partial charge in [-0.1, -0.05) is 76.5 Å². The van der Waals surface area contributed by atoms with Crippen LogP contribution in [-0.2, 0) is 0 Å². The highest BCUT2D eigenvalue weighted by atomic mass is 28.2. The highest BCUT2D eigenvalue weighted by Gasteiger charge is 2.30. The van der Waals surface area contributed by atoms with Crippen LogP contribution in [0.5, 0.6) is 0 Å². The van der Waals surface area contributed by atoms with Gasteiger partial charge in [0.1, 0.15) is 0 Å². The summed E-state index contributed by atoms with van der Waals surface area (Å²) in [6.45, 7) is 3.93. The first-order valence-corrected chi connectivity index (χ1v) is 13.0. The molecule has 0 heterocycles. The zero-order chi connectivity index (χ0) is 19.9. The van der Waals surface area contributed by atoms with Crippen LogP contribution in [-0.4, -0.2) is 9.52 Å². The first-order chi connectivity index (χ1) is 13.6. The Morgan fingerprint density at radius 3 is 2.04 bits per heavy atom. The van der Waals surface area contributed by atoms with Gasteiger partial charge in [0.05, 0.1) is 9.52 Å². The van der Waals surface area contributed by atoms with Crippen molar-refractivity contribution in [1.29, 1.82) is 0 Å². The number of rotatable bonds is 8. The van der Waals surface area contributed by atoms with E-state index < -0.39 is 11.6 Å².